The van der Waals surface area contributed by atoms with Gasteiger partial charge >= 0.3 is 0 Å². The molecule has 3 heteroatoms. The zero-order valence-corrected chi connectivity index (χ0v) is 12.9. The molecule has 116 valence electrons. The summed E-state index contributed by atoms with van der Waals surface area (Å²) in [6.45, 7) is 3.81. The Morgan fingerprint density at radius 1 is 0.864 bits per heavy atom. The summed E-state index contributed by atoms with van der Waals surface area (Å²) in [5.74, 6) is 0. The molecule has 1 aliphatic rings. The molecule has 2 aromatic rings. The van der Waals surface area contributed by atoms with Crippen LogP contribution in [0.4, 0.5) is 0 Å². The molecule has 1 saturated heterocycles. The summed E-state index contributed by atoms with van der Waals surface area (Å²) in [6, 6.07) is 20.4. The summed E-state index contributed by atoms with van der Waals surface area (Å²) in [4.78, 5) is 0. The first-order valence-electron chi connectivity index (χ1n) is 7.75. The highest BCUT2D eigenvalue weighted by molar-refractivity contribution is 5.14. The molecule has 0 spiro atoms. The quantitative estimate of drug-likeness (QED) is 0.816. The topological polar surface area (TPSA) is 27.7 Å². The zero-order chi connectivity index (χ0) is 15.2. The largest absolute Gasteiger partial charge is 0.373 e. The van der Waals surface area contributed by atoms with Crippen LogP contribution in [0.25, 0.3) is 0 Å². The van der Waals surface area contributed by atoms with Crippen LogP contribution in [0.3, 0.4) is 0 Å². The van der Waals surface area contributed by atoms with E-state index < -0.39 is 0 Å². The van der Waals surface area contributed by atoms with Gasteiger partial charge in [0.05, 0.1) is 25.9 Å². The summed E-state index contributed by atoms with van der Waals surface area (Å²) < 4.78 is 17.8. The fourth-order valence-electron chi connectivity index (χ4n) is 2.67. The van der Waals surface area contributed by atoms with E-state index in [1.165, 1.54) is 11.1 Å². The molecule has 2 aromatic carbocycles. The minimum atomic E-state index is -0.0241. The second-order valence-electron chi connectivity index (χ2n) is 5.63. The van der Waals surface area contributed by atoms with Crippen molar-refractivity contribution in [2.45, 2.75) is 38.4 Å². The van der Waals surface area contributed by atoms with Crippen LogP contribution in [0.5, 0.6) is 0 Å². The number of rotatable bonds is 6. The van der Waals surface area contributed by atoms with Crippen molar-refractivity contribution < 1.29 is 14.2 Å². The second kappa shape index (κ2) is 7.54. The van der Waals surface area contributed by atoms with Crippen LogP contribution in [-0.2, 0) is 27.4 Å². The van der Waals surface area contributed by atoms with Gasteiger partial charge in [-0.1, -0.05) is 60.7 Å². The van der Waals surface area contributed by atoms with Gasteiger partial charge in [0, 0.05) is 0 Å². The molecule has 1 heterocycles. The average molecular weight is 298 g/mol. The van der Waals surface area contributed by atoms with Crippen LogP contribution in [0.15, 0.2) is 60.7 Å². The first-order valence-corrected chi connectivity index (χ1v) is 7.75. The summed E-state index contributed by atoms with van der Waals surface area (Å²) in [5.41, 5.74) is 2.34. The van der Waals surface area contributed by atoms with E-state index in [-0.39, 0.29) is 18.3 Å². The Morgan fingerprint density at radius 3 is 2.00 bits per heavy atom. The summed E-state index contributed by atoms with van der Waals surface area (Å²) in [5, 5.41) is 0. The molecule has 0 radical (unpaired) electrons. The van der Waals surface area contributed by atoms with Gasteiger partial charge in [0.15, 0.2) is 0 Å². The lowest BCUT2D eigenvalue weighted by molar-refractivity contribution is -0.0705. The van der Waals surface area contributed by atoms with Gasteiger partial charge in [-0.05, 0) is 18.1 Å². The minimum Gasteiger partial charge on any atom is -0.373 e. The maximum absolute atomic E-state index is 6.05. The number of hydrogen-bond donors (Lipinski definition) is 0. The molecule has 0 aromatic heterocycles. The smallest absolute Gasteiger partial charge is 0.112 e. The first kappa shape index (κ1) is 15.2. The Morgan fingerprint density at radius 2 is 1.41 bits per heavy atom. The highest BCUT2D eigenvalue weighted by Crippen LogP contribution is 2.22. The van der Waals surface area contributed by atoms with Gasteiger partial charge in [-0.2, -0.15) is 0 Å². The molecule has 3 nitrogen and oxygen atoms in total. The maximum Gasteiger partial charge on any atom is 0.112 e. The van der Waals surface area contributed by atoms with E-state index in [1.54, 1.807) is 0 Å². The number of hydrogen-bond acceptors (Lipinski definition) is 3. The second-order valence-corrected chi connectivity index (χ2v) is 5.63. The maximum atomic E-state index is 6.05. The van der Waals surface area contributed by atoms with Crippen LogP contribution in [0, 0.1) is 0 Å². The summed E-state index contributed by atoms with van der Waals surface area (Å²) >= 11 is 0. The van der Waals surface area contributed by atoms with Crippen molar-refractivity contribution >= 4 is 0 Å². The predicted molar refractivity (Wildman–Crippen MR) is 85.5 cm³/mol. The van der Waals surface area contributed by atoms with E-state index in [9.17, 15) is 0 Å². The highest BCUT2D eigenvalue weighted by Gasteiger charge is 2.36. The lowest BCUT2D eigenvalue weighted by Crippen LogP contribution is -2.33. The molecule has 0 bridgehead atoms. The molecular formula is C19H22O3. The van der Waals surface area contributed by atoms with Gasteiger partial charge in [-0.3, -0.25) is 0 Å². The van der Waals surface area contributed by atoms with E-state index in [2.05, 4.69) is 24.3 Å². The van der Waals surface area contributed by atoms with Crippen molar-refractivity contribution in [1.29, 1.82) is 0 Å². The van der Waals surface area contributed by atoms with Gasteiger partial charge in [-0.15, -0.1) is 0 Å². The summed E-state index contributed by atoms with van der Waals surface area (Å²) in [6.07, 6.45) is 0.0207. The van der Waals surface area contributed by atoms with E-state index in [0.717, 1.165) is 0 Å². The number of ether oxygens (including phenoxy) is 3. The third kappa shape index (κ3) is 3.95. The average Bonchev–Trinajstić information content (AvgIpc) is 2.93. The van der Waals surface area contributed by atoms with Crippen molar-refractivity contribution in [2.75, 3.05) is 6.61 Å². The molecule has 3 atom stereocenters. The minimum absolute atomic E-state index is 0.0149. The molecule has 0 amide bonds. The lowest BCUT2D eigenvalue weighted by atomic mass is 10.1. The molecule has 0 unspecified atom stereocenters. The third-order valence-electron chi connectivity index (χ3n) is 3.94. The normalized spacial score (nSPS) is 24.5. The van der Waals surface area contributed by atoms with Crippen molar-refractivity contribution in [2.24, 2.45) is 0 Å². The Balaban J connectivity index is 1.54. The van der Waals surface area contributed by atoms with Crippen LogP contribution in [0.1, 0.15) is 18.1 Å². The predicted octanol–water partition coefficient (Wildman–Crippen LogP) is 3.58. The van der Waals surface area contributed by atoms with Crippen LogP contribution in [0.2, 0.25) is 0 Å². The first-order chi connectivity index (χ1) is 10.8. The zero-order valence-electron chi connectivity index (χ0n) is 12.9. The van der Waals surface area contributed by atoms with E-state index in [1.807, 2.05) is 43.3 Å². The van der Waals surface area contributed by atoms with Gasteiger partial charge in [0.2, 0.25) is 0 Å². The molecule has 0 aliphatic carbocycles. The van der Waals surface area contributed by atoms with Crippen LogP contribution < -0.4 is 0 Å². The third-order valence-corrected chi connectivity index (χ3v) is 3.94. The fraction of sp³-hybridized carbons (Fsp3) is 0.368. The van der Waals surface area contributed by atoms with Crippen molar-refractivity contribution in [3.05, 3.63) is 71.8 Å². The van der Waals surface area contributed by atoms with E-state index in [0.29, 0.717) is 19.8 Å². The highest BCUT2D eigenvalue weighted by atomic mass is 16.6. The van der Waals surface area contributed by atoms with E-state index >= 15 is 0 Å². The molecule has 3 rings (SSSR count). The standard InChI is InChI=1S/C19H22O3/c1-15-19(22-13-17-10-6-3-7-11-17)18(14-20-15)21-12-16-8-4-2-5-9-16/h2-11,15,18-19H,12-14H2,1H3/t15-,18+,19-/m0/s1. The Labute approximate surface area is 131 Å². The van der Waals surface area contributed by atoms with Crippen LogP contribution in [-0.4, -0.2) is 24.9 Å². The molecule has 22 heavy (non-hydrogen) atoms. The molecule has 1 aliphatic heterocycles. The summed E-state index contributed by atoms with van der Waals surface area (Å²) in [7, 11) is 0. The van der Waals surface area contributed by atoms with Gasteiger partial charge < -0.3 is 14.2 Å². The molecule has 0 saturated carbocycles. The molecule has 1 fully saturated rings. The van der Waals surface area contributed by atoms with E-state index in [4.69, 9.17) is 14.2 Å². The van der Waals surface area contributed by atoms with Gasteiger partial charge in [0.25, 0.3) is 0 Å². The van der Waals surface area contributed by atoms with Crippen LogP contribution >= 0.6 is 0 Å². The number of benzene rings is 2. The van der Waals surface area contributed by atoms with Crippen molar-refractivity contribution in [3.63, 3.8) is 0 Å². The molecular weight excluding hydrogens is 276 g/mol. The Kier molecular flexibility index (Phi) is 5.22. The van der Waals surface area contributed by atoms with Gasteiger partial charge in [-0.25, -0.2) is 0 Å². The lowest BCUT2D eigenvalue weighted by Gasteiger charge is -2.21. The van der Waals surface area contributed by atoms with Crippen molar-refractivity contribution in [1.82, 2.24) is 0 Å². The fourth-order valence-corrected chi connectivity index (χ4v) is 2.67. The Bertz CT molecular complexity index is 555. The van der Waals surface area contributed by atoms with Crippen molar-refractivity contribution in [3.8, 4) is 0 Å². The molecule has 0 N–H and O–H groups in total. The SMILES string of the molecule is C[C@@H]1OC[C@@H](OCc2ccccc2)[C@H]1OCc1ccccc1. The Hall–Kier alpha value is -1.68. The van der Waals surface area contributed by atoms with Gasteiger partial charge in [0.1, 0.15) is 12.2 Å². The monoisotopic (exact) mass is 298 g/mol.